The van der Waals surface area contributed by atoms with Crippen molar-refractivity contribution in [3.05, 3.63) is 134 Å². The first kappa shape index (κ1) is 49.7. The summed E-state index contributed by atoms with van der Waals surface area (Å²) in [6.45, 7) is 49.3. The van der Waals surface area contributed by atoms with Crippen LogP contribution >= 0.6 is 11.3 Å². The molecule has 5 aromatic carbocycles. The lowest BCUT2D eigenvalue weighted by Crippen LogP contribution is -2.61. The van der Waals surface area contributed by atoms with E-state index in [1.165, 1.54) is 132 Å². The molecule has 0 saturated heterocycles. The molecule has 5 aliphatic rings. The van der Waals surface area contributed by atoms with Crippen molar-refractivity contribution in [1.82, 2.24) is 0 Å². The zero-order chi connectivity index (χ0) is 52.0. The Morgan fingerprint density at radius 3 is 1.61 bits per heavy atom. The first-order chi connectivity index (χ1) is 33.3. The van der Waals surface area contributed by atoms with Gasteiger partial charge in [-0.05, 0) is 193 Å². The van der Waals surface area contributed by atoms with E-state index in [1.54, 1.807) is 16.0 Å². The van der Waals surface area contributed by atoms with Crippen LogP contribution in [-0.4, -0.2) is 6.71 Å². The number of nitrogens with zero attached hydrogens (tertiary/aromatic N) is 2. The van der Waals surface area contributed by atoms with E-state index in [-0.39, 0.29) is 50.0 Å². The van der Waals surface area contributed by atoms with Crippen LogP contribution in [0.4, 0.5) is 34.1 Å². The second kappa shape index (κ2) is 15.5. The highest BCUT2D eigenvalue weighted by Gasteiger charge is 2.53. The number of fused-ring (bicyclic) bond motifs is 9. The lowest BCUT2D eigenvalue weighted by Gasteiger charge is -2.50. The first-order valence-electron chi connectivity index (χ1n) is 27.8. The summed E-state index contributed by atoms with van der Waals surface area (Å²) in [5.74, 6) is 0. The highest BCUT2D eigenvalue weighted by atomic mass is 32.1. The molecule has 0 unspecified atom stereocenters. The zero-order valence-electron chi connectivity index (χ0n) is 48.1. The highest BCUT2D eigenvalue weighted by molar-refractivity contribution is 7.29. The number of hydrogen-bond donors (Lipinski definition) is 0. The smallest absolute Gasteiger partial charge is 0.264 e. The van der Waals surface area contributed by atoms with Crippen LogP contribution in [0.25, 0.3) is 11.1 Å². The lowest BCUT2D eigenvalue weighted by atomic mass is 9.35. The average Bonchev–Trinajstić information content (AvgIpc) is 3.70. The van der Waals surface area contributed by atoms with Crippen molar-refractivity contribution < 1.29 is 0 Å². The summed E-state index contributed by atoms with van der Waals surface area (Å²) in [5.41, 5.74) is 27.1. The minimum absolute atomic E-state index is 0.0214. The van der Waals surface area contributed by atoms with Crippen LogP contribution in [0.3, 0.4) is 0 Å². The molecule has 0 saturated carbocycles. The molecule has 0 bridgehead atoms. The molecule has 72 heavy (non-hydrogen) atoms. The molecule has 3 heterocycles. The Morgan fingerprint density at radius 2 is 1.00 bits per heavy atom. The summed E-state index contributed by atoms with van der Waals surface area (Å²) < 4.78 is 1.52. The third-order valence-electron chi connectivity index (χ3n) is 19.2. The zero-order valence-corrected chi connectivity index (χ0v) is 48.9. The van der Waals surface area contributed by atoms with Crippen LogP contribution in [0.1, 0.15) is 218 Å². The van der Waals surface area contributed by atoms with E-state index < -0.39 is 0 Å². The standard InChI is InChI=1S/C68H85BN2S/c1-40-35-51-55-52(36-40)71(56-41(2)37-44(62(6,7)8)39-46(56)42-21-26-47-49(38-42)65(13,14)30-29-63(47,9)10)57-50(28-27-48-53(57)66(15,16)32-31-64(48,11)12)69(55)60-58(54-59(72-60)68(19,20)34-33-67(54,17)18)70(51)45-24-22-43(23-25-45)61(3,4)5/h21-28,35-39H,29-34H2,1-20H3. The predicted octanol–water partition coefficient (Wildman–Crippen LogP) is 17.8. The maximum atomic E-state index is 2.86. The molecule has 0 amide bonds. The minimum atomic E-state index is -0.0452. The number of anilines is 6. The monoisotopic (exact) mass is 973 g/mol. The number of thiophene rings is 1. The Balaban J connectivity index is 1.30. The molecule has 2 aliphatic heterocycles. The van der Waals surface area contributed by atoms with E-state index in [2.05, 4.69) is 238 Å². The van der Waals surface area contributed by atoms with Crippen molar-refractivity contribution in [2.75, 3.05) is 9.80 Å². The van der Waals surface area contributed by atoms with Crippen molar-refractivity contribution in [1.29, 1.82) is 0 Å². The third-order valence-corrected chi connectivity index (χ3v) is 20.8. The van der Waals surface area contributed by atoms with Crippen LogP contribution in [0.2, 0.25) is 0 Å². The van der Waals surface area contributed by atoms with Crippen molar-refractivity contribution in [2.24, 2.45) is 0 Å². The fourth-order valence-corrected chi connectivity index (χ4v) is 16.0. The normalized spacial score (nSPS) is 20.5. The quantitative estimate of drug-likeness (QED) is 0.163. The van der Waals surface area contributed by atoms with Gasteiger partial charge in [0.2, 0.25) is 0 Å². The lowest BCUT2D eigenvalue weighted by molar-refractivity contribution is 0.332. The van der Waals surface area contributed by atoms with Crippen LogP contribution in [-0.2, 0) is 43.3 Å². The Morgan fingerprint density at radius 1 is 0.472 bits per heavy atom. The van der Waals surface area contributed by atoms with Gasteiger partial charge in [-0.2, -0.15) is 11.3 Å². The van der Waals surface area contributed by atoms with Gasteiger partial charge in [-0.1, -0.05) is 173 Å². The predicted molar refractivity (Wildman–Crippen MR) is 317 cm³/mol. The molecule has 2 nitrogen and oxygen atoms in total. The highest BCUT2D eigenvalue weighted by Crippen LogP contribution is 2.59. The molecular weight excluding hydrogens is 888 g/mol. The number of hydrogen-bond acceptors (Lipinski definition) is 3. The first-order valence-corrected chi connectivity index (χ1v) is 28.6. The summed E-state index contributed by atoms with van der Waals surface area (Å²) in [7, 11) is 0. The molecule has 376 valence electrons. The van der Waals surface area contributed by atoms with Gasteiger partial charge in [-0.3, -0.25) is 0 Å². The van der Waals surface area contributed by atoms with Gasteiger partial charge in [-0.15, -0.1) is 0 Å². The SMILES string of the molecule is Cc1cc2c3c(c1)N(c1c(C)cc(C(C)(C)C)cc1-c1ccc4c(c1)C(C)(C)CCC4(C)C)c1c(ccc4c1C(C)(C)CCC4(C)C)B3c1sc3c(c1N2c1ccc(C(C)(C)C)cc1)C(C)(C)CCC3(C)C. The van der Waals surface area contributed by atoms with Gasteiger partial charge in [0.25, 0.3) is 6.71 Å². The van der Waals surface area contributed by atoms with Gasteiger partial charge in [0, 0.05) is 38.0 Å². The molecule has 1 aromatic heterocycles. The molecule has 6 aromatic rings. The van der Waals surface area contributed by atoms with Crippen LogP contribution in [0.15, 0.2) is 78.9 Å². The van der Waals surface area contributed by atoms with Gasteiger partial charge in [0.1, 0.15) is 0 Å². The number of aryl methyl sites for hydroxylation is 2. The van der Waals surface area contributed by atoms with E-state index in [1.807, 2.05) is 0 Å². The van der Waals surface area contributed by atoms with Crippen molar-refractivity contribution in [3.8, 4) is 11.1 Å². The van der Waals surface area contributed by atoms with Crippen molar-refractivity contribution >= 4 is 67.9 Å². The van der Waals surface area contributed by atoms with Gasteiger partial charge >= 0.3 is 0 Å². The summed E-state index contributed by atoms with van der Waals surface area (Å²) in [6.07, 6.45) is 7.09. The topological polar surface area (TPSA) is 6.48 Å². The second-order valence-electron chi connectivity index (χ2n) is 29.6. The molecule has 11 rings (SSSR count). The average molecular weight is 973 g/mol. The summed E-state index contributed by atoms with van der Waals surface area (Å²) in [6, 6.07) is 32.8. The van der Waals surface area contributed by atoms with Gasteiger partial charge in [-0.25, -0.2) is 0 Å². The second-order valence-corrected chi connectivity index (χ2v) is 30.6. The molecule has 0 spiro atoms. The van der Waals surface area contributed by atoms with Gasteiger partial charge in [0.15, 0.2) is 0 Å². The van der Waals surface area contributed by atoms with E-state index in [4.69, 9.17) is 0 Å². The largest absolute Gasteiger partial charge is 0.310 e. The maximum Gasteiger partial charge on any atom is 0.264 e. The van der Waals surface area contributed by atoms with Crippen LogP contribution < -0.4 is 25.5 Å². The third kappa shape index (κ3) is 7.34. The fourth-order valence-electron chi connectivity index (χ4n) is 14.2. The fraction of sp³-hybridized carbons (Fsp3) is 0.500. The Hall–Kier alpha value is -4.54. The molecule has 0 atom stereocenters. The molecule has 0 radical (unpaired) electrons. The Bertz CT molecular complexity index is 3240. The van der Waals surface area contributed by atoms with Crippen LogP contribution in [0.5, 0.6) is 0 Å². The summed E-state index contributed by atoms with van der Waals surface area (Å²) >= 11 is 2.15. The molecular formula is C68H85BN2S. The minimum Gasteiger partial charge on any atom is -0.310 e. The Labute approximate surface area is 440 Å². The van der Waals surface area contributed by atoms with E-state index >= 15 is 0 Å². The molecule has 4 heteroatoms. The summed E-state index contributed by atoms with van der Waals surface area (Å²) in [5, 5.41) is 0. The molecule has 0 fully saturated rings. The van der Waals surface area contributed by atoms with E-state index in [9.17, 15) is 0 Å². The van der Waals surface area contributed by atoms with E-state index in [0.29, 0.717) is 0 Å². The van der Waals surface area contributed by atoms with Gasteiger partial charge in [0.05, 0.1) is 11.4 Å². The van der Waals surface area contributed by atoms with Crippen molar-refractivity contribution in [3.63, 3.8) is 0 Å². The number of benzene rings is 5. The van der Waals surface area contributed by atoms with Crippen LogP contribution in [0, 0.1) is 13.8 Å². The van der Waals surface area contributed by atoms with Crippen molar-refractivity contribution in [2.45, 2.75) is 220 Å². The maximum absolute atomic E-state index is 2.86. The number of rotatable bonds is 3. The summed E-state index contributed by atoms with van der Waals surface area (Å²) in [4.78, 5) is 7.20. The van der Waals surface area contributed by atoms with Gasteiger partial charge < -0.3 is 9.80 Å². The molecule has 0 N–H and O–H groups in total. The van der Waals surface area contributed by atoms with E-state index in [0.717, 1.165) is 6.42 Å². The molecule has 3 aliphatic carbocycles. The Kier molecular flexibility index (Phi) is 10.7.